The minimum atomic E-state index is -5.07. The van der Waals surface area contributed by atoms with Crippen LogP contribution in [0.5, 0.6) is 0 Å². The lowest BCUT2D eigenvalue weighted by Crippen LogP contribution is -2.63. The Balaban J connectivity index is 1.15. The Morgan fingerprint density at radius 2 is 1.38 bits per heavy atom. The Bertz CT molecular complexity index is 2770. The second-order valence-electron chi connectivity index (χ2n) is 21.0. The Morgan fingerprint density at radius 3 is 1.90 bits per heavy atom. The van der Waals surface area contributed by atoms with Gasteiger partial charge in [0.05, 0.1) is 62.9 Å². The molecule has 3 saturated heterocycles. The second-order valence-corrected chi connectivity index (χ2v) is 21.0. The minimum Gasteiger partial charge on any atom is -0.453 e. The highest BCUT2D eigenvalue weighted by molar-refractivity contribution is 5.87. The number of methoxy groups -OCH3 is 2. The smallest absolute Gasteiger partial charge is 0.407 e. The van der Waals surface area contributed by atoms with Crippen molar-refractivity contribution in [2.45, 2.75) is 109 Å². The Labute approximate surface area is 442 Å². The molecule has 17 nitrogen and oxygen atoms in total. The average Bonchev–Trinajstić information content (AvgIpc) is 3.62. The SMILES string of the molecule is COC(=O)N[C@H](C(=O)NN(Cc1c(F)cc(-c2ccc(F)cn2)cc1F)C[C@H](O)[C@H](Cc1ccc(C#Cc2ccc(N3CC4CCC(C3)N4C3COC3)nc2)cc1)NC(=O)[C@@H](NC(=O)OC)C(C)(C)C(F)(F)F)C(C)(C)C. The molecule has 2 bridgehead atoms. The number of rotatable bonds is 17. The summed E-state index contributed by atoms with van der Waals surface area (Å²) in [5.41, 5.74) is -0.503. The van der Waals surface area contributed by atoms with Gasteiger partial charge in [0.1, 0.15) is 35.4 Å². The van der Waals surface area contributed by atoms with Crippen LogP contribution < -0.4 is 26.3 Å². The number of ether oxygens (including phenoxy) is 3. The molecular weight excluding hydrogens is 1020 g/mol. The molecule has 3 aliphatic rings. The van der Waals surface area contributed by atoms with E-state index in [0.717, 1.165) is 88.6 Å². The summed E-state index contributed by atoms with van der Waals surface area (Å²) >= 11 is 0. The van der Waals surface area contributed by atoms with Gasteiger partial charge < -0.3 is 40.2 Å². The van der Waals surface area contributed by atoms with Crippen molar-refractivity contribution in [3.05, 3.63) is 113 Å². The summed E-state index contributed by atoms with van der Waals surface area (Å²) in [7, 11) is 1.96. The molecule has 2 aromatic heterocycles. The molecule has 4 amide bonds. The normalized spacial score (nSPS) is 18.5. The molecule has 5 N–H and O–H groups in total. The zero-order chi connectivity index (χ0) is 56.0. The summed E-state index contributed by atoms with van der Waals surface area (Å²) in [6.45, 7) is 7.91. The first-order valence-electron chi connectivity index (χ1n) is 24.9. The predicted octanol–water partition coefficient (Wildman–Crippen LogP) is 6.02. The van der Waals surface area contributed by atoms with Gasteiger partial charge in [0.15, 0.2) is 0 Å². The maximum atomic E-state index is 16.0. The molecule has 6 atom stereocenters. The van der Waals surface area contributed by atoms with Crippen molar-refractivity contribution in [1.29, 1.82) is 0 Å². The highest BCUT2D eigenvalue weighted by Gasteiger charge is 2.56. The van der Waals surface area contributed by atoms with Crippen LogP contribution >= 0.6 is 0 Å². The zero-order valence-corrected chi connectivity index (χ0v) is 43.6. The average molecular weight is 1080 g/mol. The molecule has 3 fully saturated rings. The van der Waals surface area contributed by atoms with Crippen LogP contribution in [0.25, 0.3) is 11.3 Å². The number of anilines is 1. The molecule has 2 aromatic carbocycles. The molecular formula is C54H63F6N9O8. The van der Waals surface area contributed by atoms with Crippen molar-refractivity contribution in [3.63, 3.8) is 0 Å². The number of aromatic nitrogens is 2. The molecule has 7 rings (SSSR count). The Morgan fingerprint density at radius 1 is 0.779 bits per heavy atom. The van der Waals surface area contributed by atoms with Crippen LogP contribution in [0.4, 0.5) is 41.7 Å². The van der Waals surface area contributed by atoms with Crippen LogP contribution in [0, 0.1) is 40.1 Å². The van der Waals surface area contributed by atoms with E-state index in [2.05, 4.69) is 47.4 Å². The number of halogens is 6. The molecule has 23 heteroatoms. The van der Waals surface area contributed by atoms with E-state index in [1.807, 2.05) is 17.4 Å². The number of hydrogen-bond acceptors (Lipinski definition) is 13. The number of carbonyl (C=O) groups is 4. The zero-order valence-electron chi connectivity index (χ0n) is 43.6. The molecule has 0 aliphatic carbocycles. The van der Waals surface area contributed by atoms with Crippen LogP contribution in [-0.4, -0.2) is 145 Å². The standard InChI is InChI=1S/C54H63F6N9O8/c1-52(2,3)46(64-50(73)75-6)49(72)66-68(27-39-40(56)21-34(22-41(39)57)42-18-15-35(55)24-61-42)28-44(70)43(63-48(71)47(65-51(74)76-7)53(4,5)54(58,59)60)20-32-11-8-31(9-12-32)10-13-33-14-19-45(62-23-33)67-25-36-16-17-37(26-67)69(36)38-29-77-30-38/h8-9,11-12,14-15,18-19,21-24,36-38,43-44,46-47,70H,16-17,20,25-30H2,1-7H3,(H,63,71)(H,64,73)(H,65,74)(H,66,72)/t36?,37?,43-,44-,46+,47+/m0/s1. The summed E-state index contributed by atoms with van der Waals surface area (Å²) in [6, 6.07) is 10.6. The number of hydrogen-bond donors (Lipinski definition) is 5. The van der Waals surface area contributed by atoms with Crippen LogP contribution in [0.2, 0.25) is 0 Å². The van der Waals surface area contributed by atoms with Gasteiger partial charge in [0.25, 0.3) is 5.91 Å². The van der Waals surface area contributed by atoms with Crippen LogP contribution in [0.1, 0.15) is 69.7 Å². The lowest BCUT2D eigenvalue weighted by molar-refractivity contribution is -0.220. The molecule has 4 aromatic rings. The third-order valence-electron chi connectivity index (χ3n) is 14.1. The topological polar surface area (TPSA) is 200 Å². The summed E-state index contributed by atoms with van der Waals surface area (Å²) in [5.74, 6) is 1.73. The number of alkyl carbamates (subject to hydrolysis) is 2. The Kier molecular flexibility index (Phi) is 18.1. The number of fused-ring (bicyclic) bond motifs is 2. The van der Waals surface area contributed by atoms with Crippen molar-refractivity contribution in [3.8, 4) is 23.1 Å². The highest BCUT2D eigenvalue weighted by Crippen LogP contribution is 2.41. The number of nitrogens with zero attached hydrogens (tertiary/aromatic N) is 5. The monoisotopic (exact) mass is 1080 g/mol. The fraction of sp³-hybridized carbons (Fsp3) is 0.481. The van der Waals surface area contributed by atoms with Gasteiger partial charge in [-0.05, 0) is 92.6 Å². The van der Waals surface area contributed by atoms with Gasteiger partial charge >= 0.3 is 18.4 Å². The van der Waals surface area contributed by atoms with Crippen LogP contribution in [0.3, 0.4) is 0 Å². The lowest BCUT2D eigenvalue weighted by Gasteiger charge is -2.47. The largest absolute Gasteiger partial charge is 0.453 e. The van der Waals surface area contributed by atoms with E-state index in [1.165, 1.54) is 6.07 Å². The minimum absolute atomic E-state index is 0.0274. The molecule has 3 aliphatic heterocycles. The molecule has 414 valence electrons. The van der Waals surface area contributed by atoms with Crippen molar-refractivity contribution >= 4 is 29.8 Å². The van der Waals surface area contributed by atoms with E-state index < -0.39 is 101 Å². The van der Waals surface area contributed by atoms with E-state index in [4.69, 9.17) is 14.5 Å². The number of pyridine rings is 2. The number of carbonyl (C=O) groups excluding carboxylic acids is 4. The number of piperazine rings is 1. The third kappa shape index (κ3) is 14.1. The molecule has 5 heterocycles. The Hall–Kier alpha value is -7.00. The van der Waals surface area contributed by atoms with Crippen LogP contribution in [-0.2, 0) is 36.8 Å². The number of hydrazine groups is 1. The second kappa shape index (κ2) is 24.1. The molecule has 0 saturated carbocycles. The first-order valence-corrected chi connectivity index (χ1v) is 24.9. The molecule has 77 heavy (non-hydrogen) atoms. The quantitative estimate of drug-likeness (QED) is 0.0468. The number of aliphatic hydroxyl groups excluding tert-OH is 1. The summed E-state index contributed by atoms with van der Waals surface area (Å²) in [5, 5.41) is 19.8. The van der Waals surface area contributed by atoms with Crippen molar-refractivity contribution in [2.75, 3.05) is 52.0 Å². The van der Waals surface area contributed by atoms with Crippen molar-refractivity contribution in [2.24, 2.45) is 10.8 Å². The highest BCUT2D eigenvalue weighted by atomic mass is 19.4. The van der Waals surface area contributed by atoms with Gasteiger partial charge in [0.2, 0.25) is 5.91 Å². The summed E-state index contributed by atoms with van der Waals surface area (Å²) in [4.78, 5) is 66.5. The van der Waals surface area contributed by atoms with Gasteiger partial charge in [0, 0.05) is 66.7 Å². The summed E-state index contributed by atoms with van der Waals surface area (Å²) in [6.07, 6.45) is -4.77. The van der Waals surface area contributed by atoms with Crippen molar-refractivity contribution in [1.82, 2.24) is 41.3 Å². The number of nitrogens with one attached hydrogen (secondary N) is 4. The fourth-order valence-corrected chi connectivity index (χ4v) is 9.56. The maximum absolute atomic E-state index is 16.0. The first-order chi connectivity index (χ1) is 36.3. The summed E-state index contributed by atoms with van der Waals surface area (Å²) < 4.78 is 104. The van der Waals surface area contributed by atoms with E-state index in [-0.39, 0.29) is 17.7 Å². The van der Waals surface area contributed by atoms with Crippen LogP contribution in [0.15, 0.2) is 73.1 Å². The van der Waals surface area contributed by atoms with E-state index in [9.17, 15) is 41.8 Å². The van der Waals surface area contributed by atoms with Gasteiger partial charge in [-0.15, -0.1) is 0 Å². The lowest BCUT2D eigenvalue weighted by atomic mass is 9.82. The van der Waals surface area contributed by atoms with E-state index >= 15 is 8.78 Å². The number of alkyl halides is 3. The van der Waals surface area contributed by atoms with Gasteiger partial charge in [-0.1, -0.05) is 44.7 Å². The third-order valence-corrected chi connectivity index (χ3v) is 14.1. The van der Waals surface area contributed by atoms with E-state index in [1.54, 1.807) is 51.2 Å². The molecule has 0 spiro atoms. The fourth-order valence-electron chi connectivity index (χ4n) is 9.56. The van der Waals surface area contributed by atoms with Crippen molar-refractivity contribution < 1.29 is 64.8 Å². The number of amides is 4. The maximum Gasteiger partial charge on any atom is 0.407 e. The predicted molar refractivity (Wildman–Crippen MR) is 270 cm³/mol. The van der Waals surface area contributed by atoms with E-state index in [0.29, 0.717) is 48.7 Å². The molecule has 2 unspecified atom stereocenters. The number of benzene rings is 2. The molecule has 0 radical (unpaired) electrons. The van der Waals surface area contributed by atoms with Gasteiger partial charge in [-0.25, -0.2) is 32.8 Å². The number of aliphatic hydroxyl groups is 1. The first kappa shape index (κ1) is 57.7. The van der Waals surface area contributed by atoms with Gasteiger partial charge in [-0.3, -0.25) is 24.9 Å². The van der Waals surface area contributed by atoms with Gasteiger partial charge in [-0.2, -0.15) is 13.2 Å².